The minimum absolute atomic E-state index is 0.381. The van der Waals surface area contributed by atoms with Crippen LogP contribution in [0.15, 0.2) is 54.6 Å². The quantitative estimate of drug-likeness (QED) is 0.827. The van der Waals surface area contributed by atoms with E-state index < -0.39 is 0 Å². The molecular weight excluding hydrogens is 256 g/mol. The SMILES string of the molecule is CCCN(C)CC(NC)c1ccc(-c2ccccc2)cc1. The second-order valence-corrected chi connectivity index (χ2v) is 5.59. The van der Waals surface area contributed by atoms with Crippen LogP contribution in [0.1, 0.15) is 24.9 Å². The lowest BCUT2D eigenvalue weighted by atomic mass is 10.0. The van der Waals surface area contributed by atoms with Crippen molar-refractivity contribution in [2.24, 2.45) is 0 Å². The first kappa shape index (κ1) is 15.7. The van der Waals surface area contributed by atoms with E-state index in [4.69, 9.17) is 0 Å². The van der Waals surface area contributed by atoms with Crippen molar-refractivity contribution < 1.29 is 0 Å². The van der Waals surface area contributed by atoms with Gasteiger partial charge in [0.15, 0.2) is 0 Å². The van der Waals surface area contributed by atoms with Crippen LogP contribution in [0, 0.1) is 0 Å². The molecule has 2 aromatic carbocycles. The van der Waals surface area contributed by atoms with Crippen molar-refractivity contribution in [1.82, 2.24) is 10.2 Å². The van der Waals surface area contributed by atoms with Crippen LogP contribution in [0.5, 0.6) is 0 Å². The Morgan fingerprint density at radius 1 is 0.952 bits per heavy atom. The van der Waals surface area contributed by atoms with Gasteiger partial charge in [0.25, 0.3) is 0 Å². The predicted octanol–water partition coefficient (Wildman–Crippen LogP) is 3.96. The zero-order chi connectivity index (χ0) is 15.1. The van der Waals surface area contributed by atoms with E-state index in [0.717, 1.165) is 13.1 Å². The molecule has 21 heavy (non-hydrogen) atoms. The van der Waals surface area contributed by atoms with Crippen molar-refractivity contribution in [2.45, 2.75) is 19.4 Å². The zero-order valence-corrected chi connectivity index (χ0v) is 13.3. The van der Waals surface area contributed by atoms with Crippen LogP contribution in [-0.2, 0) is 0 Å². The lowest BCUT2D eigenvalue weighted by molar-refractivity contribution is 0.297. The summed E-state index contributed by atoms with van der Waals surface area (Å²) in [6.07, 6.45) is 1.19. The van der Waals surface area contributed by atoms with Gasteiger partial charge in [0.1, 0.15) is 0 Å². The second-order valence-electron chi connectivity index (χ2n) is 5.59. The van der Waals surface area contributed by atoms with E-state index in [-0.39, 0.29) is 0 Å². The lowest BCUT2D eigenvalue weighted by Gasteiger charge is -2.24. The van der Waals surface area contributed by atoms with E-state index in [1.165, 1.54) is 23.1 Å². The average Bonchev–Trinajstić information content (AvgIpc) is 2.54. The van der Waals surface area contributed by atoms with Crippen molar-refractivity contribution in [3.63, 3.8) is 0 Å². The van der Waals surface area contributed by atoms with E-state index in [9.17, 15) is 0 Å². The van der Waals surface area contributed by atoms with Gasteiger partial charge in [-0.15, -0.1) is 0 Å². The maximum absolute atomic E-state index is 3.43. The molecule has 0 saturated heterocycles. The number of hydrogen-bond donors (Lipinski definition) is 1. The Morgan fingerprint density at radius 3 is 2.14 bits per heavy atom. The molecule has 1 atom stereocenters. The Bertz CT molecular complexity index is 519. The Hall–Kier alpha value is -1.64. The highest BCUT2D eigenvalue weighted by molar-refractivity contribution is 5.63. The molecule has 0 amide bonds. The van der Waals surface area contributed by atoms with E-state index in [1.54, 1.807) is 0 Å². The molecule has 0 fully saturated rings. The molecule has 1 N–H and O–H groups in total. The summed E-state index contributed by atoms with van der Waals surface area (Å²) in [6.45, 7) is 4.40. The summed E-state index contributed by atoms with van der Waals surface area (Å²) in [5.74, 6) is 0. The molecule has 2 heteroatoms. The molecule has 0 saturated carbocycles. The third kappa shape index (κ3) is 4.42. The van der Waals surface area contributed by atoms with Crippen LogP contribution in [0.2, 0.25) is 0 Å². The molecule has 0 bridgehead atoms. The minimum atomic E-state index is 0.381. The van der Waals surface area contributed by atoms with Gasteiger partial charge in [0.2, 0.25) is 0 Å². The van der Waals surface area contributed by atoms with Gasteiger partial charge in [0.05, 0.1) is 0 Å². The van der Waals surface area contributed by atoms with Crippen LogP contribution >= 0.6 is 0 Å². The summed E-state index contributed by atoms with van der Waals surface area (Å²) in [7, 11) is 4.22. The Balaban J connectivity index is 2.09. The average molecular weight is 282 g/mol. The highest BCUT2D eigenvalue weighted by atomic mass is 15.1. The summed E-state index contributed by atoms with van der Waals surface area (Å²) in [5, 5.41) is 3.43. The van der Waals surface area contributed by atoms with Gasteiger partial charge in [-0.2, -0.15) is 0 Å². The molecule has 2 aromatic rings. The van der Waals surface area contributed by atoms with Gasteiger partial charge < -0.3 is 10.2 Å². The number of benzene rings is 2. The van der Waals surface area contributed by atoms with Crippen molar-refractivity contribution >= 4 is 0 Å². The maximum atomic E-state index is 3.43. The molecule has 2 rings (SSSR count). The van der Waals surface area contributed by atoms with Crippen LogP contribution in [0.3, 0.4) is 0 Å². The molecule has 0 radical (unpaired) electrons. The third-order valence-corrected chi connectivity index (χ3v) is 3.87. The summed E-state index contributed by atoms with van der Waals surface area (Å²) in [5.41, 5.74) is 3.89. The molecule has 112 valence electrons. The molecule has 0 heterocycles. The van der Waals surface area contributed by atoms with E-state index in [2.05, 4.69) is 78.8 Å². The number of nitrogens with one attached hydrogen (secondary N) is 1. The van der Waals surface area contributed by atoms with Crippen molar-refractivity contribution in [1.29, 1.82) is 0 Å². The first-order valence-corrected chi connectivity index (χ1v) is 7.75. The number of likely N-dealkylation sites (N-methyl/N-ethyl adjacent to an activating group) is 2. The topological polar surface area (TPSA) is 15.3 Å². The molecule has 0 aliphatic heterocycles. The molecule has 0 aliphatic carbocycles. The molecular formula is C19H26N2. The fourth-order valence-corrected chi connectivity index (χ4v) is 2.69. The molecule has 0 aliphatic rings. The summed E-state index contributed by atoms with van der Waals surface area (Å²) < 4.78 is 0. The van der Waals surface area contributed by atoms with Crippen molar-refractivity contribution in [3.8, 4) is 11.1 Å². The molecule has 0 aromatic heterocycles. The van der Waals surface area contributed by atoms with Gasteiger partial charge in [-0.3, -0.25) is 0 Å². The number of rotatable bonds is 7. The fourth-order valence-electron chi connectivity index (χ4n) is 2.69. The van der Waals surface area contributed by atoms with Gasteiger partial charge in [-0.25, -0.2) is 0 Å². The van der Waals surface area contributed by atoms with Crippen LogP contribution in [0.4, 0.5) is 0 Å². The van der Waals surface area contributed by atoms with Gasteiger partial charge in [-0.1, -0.05) is 61.5 Å². The minimum Gasteiger partial charge on any atom is -0.312 e. The highest BCUT2D eigenvalue weighted by Gasteiger charge is 2.11. The summed E-state index contributed by atoms with van der Waals surface area (Å²) >= 11 is 0. The Morgan fingerprint density at radius 2 is 1.57 bits per heavy atom. The fraction of sp³-hybridized carbons (Fsp3) is 0.368. The molecule has 2 nitrogen and oxygen atoms in total. The van der Waals surface area contributed by atoms with Crippen molar-refractivity contribution in [3.05, 3.63) is 60.2 Å². The van der Waals surface area contributed by atoms with E-state index in [1.807, 2.05) is 7.05 Å². The number of nitrogens with zero attached hydrogens (tertiary/aromatic N) is 1. The zero-order valence-electron chi connectivity index (χ0n) is 13.3. The van der Waals surface area contributed by atoms with Crippen LogP contribution in [-0.4, -0.2) is 32.1 Å². The normalized spacial score (nSPS) is 12.6. The van der Waals surface area contributed by atoms with Gasteiger partial charge >= 0.3 is 0 Å². The molecule has 0 spiro atoms. The largest absolute Gasteiger partial charge is 0.312 e. The number of hydrogen-bond acceptors (Lipinski definition) is 2. The Labute approximate surface area is 128 Å². The van der Waals surface area contributed by atoms with Gasteiger partial charge in [0, 0.05) is 12.6 Å². The standard InChI is InChI=1S/C19H26N2/c1-4-14-21(3)15-19(20-2)18-12-10-17(11-13-18)16-8-6-5-7-9-16/h5-13,19-20H,4,14-15H2,1-3H3. The first-order valence-electron chi connectivity index (χ1n) is 7.75. The second kappa shape index (κ2) is 7.96. The first-order chi connectivity index (χ1) is 10.2. The van der Waals surface area contributed by atoms with E-state index in [0.29, 0.717) is 6.04 Å². The van der Waals surface area contributed by atoms with Crippen LogP contribution in [0.25, 0.3) is 11.1 Å². The lowest BCUT2D eigenvalue weighted by Crippen LogP contribution is -2.31. The smallest absolute Gasteiger partial charge is 0.0446 e. The van der Waals surface area contributed by atoms with Crippen LogP contribution < -0.4 is 5.32 Å². The third-order valence-electron chi connectivity index (χ3n) is 3.87. The summed E-state index contributed by atoms with van der Waals surface area (Å²) in [6, 6.07) is 19.8. The monoisotopic (exact) mass is 282 g/mol. The maximum Gasteiger partial charge on any atom is 0.0446 e. The predicted molar refractivity (Wildman–Crippen MR) is 91.5 cm³/mol. The van der Waals surface area contributed by atoms with Gasteiger partial charge in [-0.05, 0) is 43.8 Å². The van der Waals surface area contributed by atoms with E-state index >= 15 is 0 Å². The highest BCUT2D eigenvalue weighted by Crippen LogP contribution is 2.22. The Kier molecular flexibility index (Phi) is 5.97. The summed E-state index contributed by atoms with van der Waals surface area (Å²) in [4.78, 5) is 2.38. The molecule has 1 unspecified atom stereocenters. The van der Waals surface area contributed by atoms with Crippen molar-refractivity contribution in [2.75, 3.05) is 27.2 Å².